The third-order valence-corrected chi connectivity index (χ3v) is 4.46. The lowest BCUT2D eigenvalue weighted by Crippen LogP contribution is -2.43. The molecule has 2 rings (SSSR count). The highest BCUT2D eigenvalue weighted by Crippen LogP contribution is 2.24. The first-order valence-corrected chi connectivity index (χ1v) is 9.00. The van der Waals surface area contributed by atoms with Crippen molar-refractivity contribution < 1.29 is 14.3 Å². The Hall–Kier alpha value is -1.56. The van der Waals surface area contributed by atoms with Crippen molar-refractivity contribution in [1.82, 2.24) is 4.90 Å². The van der Waals surface area contributed by atoms with E-state index < -0.39 is 5.60 Å². The minimum atomic E-state index is -0.496. The number of likely N-dealkylation sites (tertiary alicyclic amines) is 1. The first-order chi connectivity index (χ1) is 11.2. The third-order valence-electron chi connectivity index (χ3n) is 3.96. The maximum Gasteiger partial charge on any atom is 0.410 e. The molecule has 1 aliphatic heterocycles. The molecule has 0 aromatic heterocycles. The van der Waals surface area contributed by atoms with Gasteiger partial charge in [-0.25, -0.2) is 4.79 Å². The van der Waals surface area contributed by atoms with E-state index in [9.17, 15) is 9.59 Å². The number of aryl methyl sites for hydroxylation is 1. The molecule has 24 heavy (non-hydrogen) atoms. The van der Waals surface area contributed by atoms with Gasteiger partial charge in [0, 0.05) is 29.2 Å². The molecular weight excluding hydrogens is 372 g/mol. The molecule has 1 N–H and O–H groups in total. The summed E-state index contributed by atoms with van der Waals surface area (Å²) in [6, 6.07) is 5.78. The first-order valence-electron chi connectivity index (χ1n) is 8.20. The SMILES string of the molecule is Cc1cc(Br)ccc1NC(=O)C1CCN(C(=O)OC(C)(C)C)CC1. The van der Waals surface area contributed by atoms with Gasteiger partial charge in [0.2, 0.25) is 5.91 Å². The fraction of sp³-hybridized carbons (Fsp3) is 0.556. The first kappa shape index (κ1) is 18.8. The van der Waals surface area contributed by atoms with E-state index in [1.807, 2.05) is 45.9 Å². The summed E-state index contributed by atoms with van der Waals surface area (Å²) in [5, 5.41) is 2.99. The Morgan fingerprint density at radius 1 is 1.25 bits per heavy atom. The number of piperidine rings is 1. The minimum absolute atomic E-state index is 0.0178. The van der Waals surface area contributed by atoms with Crippen molar-refractivity contribution in [1.29, 1.82) is 0 Å². The highest BCUT2D eigenvalue weighted by Gasteiger charge is 2.30. The fourth-order valence-electron chi connectivity index (χ4n) is 2.65. The lowest BCUT2D eigenvalue weighted by atomic mass is 9.96. The molecule has 0 spiro atoms. The lowest BCUT2D eigenvalue weighted by Gasteiger charge is -2.33. The second kappa shape index (κ2) is 7.55. The summed E-state index contributed by atoms with van der Waals surface area (Å²) in [4.78, 5) is 26.2. The van der Waals surface area contributed by atoms with Gasteiger partial charge in [-0.15, -0.1) is 0 Å². The number of nitrogens with one attached hydrogen (secondary N) is 1. The van der Waals surface area contributed by atoms with Gasteiger partial charge in [0.15, 0.2) is 0 Å². The second-order valence-electron chi connectivity index (χ2n) is 7.19. The van der Waals surface area contributed by atoms with Crippen LogP contribution in [-0.4, -0.2) is 35.6 Å². The number of hydrogen-bond donors (Lipinski definition) is 1. The van der Waals surface area contributed by atoms with Crippen molar-refractivity contribution in [2.75, 3.05) is 18.4 Å². The van der Waals surface area contributed by atoms with Gasteiger partial charge in [-0.2, -0.15) is 0 Å². The summed E-state index contributed by atoms with van der Waals surface area (Å²) >= 11 is 3.42. The van der Waals surface area contributed by atoms with Crippen molar-refractivity contribution in [2.45, 2.75) is 46.1 Å². The van der Waals surface area contributed by atoms with Crippen LogP contribution < -0.4 is 5.32 Å². The highest BCUT2D eigenvalue weighted by atomic mass is 79.9. The zero-order valence-electron chi connectivity index (χ0n) is 14.7. The maximum atomic E-state index is 12.5. The predicted octanol–water partition coefficient (Wildman–Crippen LogP) is 4.34. The molecular formula is C18H25BrN2O3. The fourth-order valence-corrected chi connectivity index (χ4v) is 3.13. The normalized spacial score (nSPS) is 16.0. The molecule has 1 aromatic carbocycles. The van der Waals surface area contributed by atoms with Crippen molar-refractivity contribution in [3.63, 3.8) is 0 Å². The van der Waals surface area contributed by atoms with Crippen molar-refractivity contribution in [3.8, 4) is 0 Å². The average molecular weight is 397 g/mol. The van der Waals surface area contributed by atoms with Gasteiger partial charge in [-0.3, -0.25) is 4.79 Å². The maximum absolute atomic E-state index is 12.5. The van der Waals surface area contributed by atoms with E-state index in [1.54, 1.807) is 4.90 Å². The molecule has 0 unspecified atom stereocenters. The van der Waals surface area contributed by atoms with Crippen LogP contribution in [0.5, 0.6) is 0 Å². The molecule has 0 saturated carbocycles. The molecule has 1 aliphatic rings. The molecule has 0 bridgehead atoms. The number of benzene rings is 1. The van der Waals surface area contributed by atoms with Crippen LogP contribution in [0.4, 0.5) is 10.5 Å². The van der Waals surface area contributed by atoms with Crippen LogP contribution in [0, 0.1) is 12.8 Å². The zero-order chi connectivity index (χ0) is 17.9. The molecule has 1 aromatic rings. The molecule has 132 valence electrons. The Kier molecular flexibility index (Phi) is 5.91. The Morgan fingerprint density at radius 3 is 2.42 bits per heavy atom. The van der Waals surface area contributed by atoms with Crippen LogP contribution in [-0.2, 0) is 9.53 Å². The van der Waals surface area contributed by atoms with Gasteiger partial charge < -0.3 is 15.0 Å². The van der Waals surface area contributed by atoms with Crippen LogP contribution >= 0.6 is 15.9 Å². The minimum Gasteiger partial charge on any atom is -0.444 e. The van der Waals surface area contributed by atoms with Crippen LogP contribution in [0.2, 0.25) is 0 Å². The number of nitrogens with zero attached hydrogens (tertiary/aromatic N) is 1. The summed E-state index contributed by atoms with van der Waals surface area (Å²) in [5.74, 6) is -0.0593. The molecule has 0 aliphatic carbocycles. The van der Waals surface area contributed by atoms with E-state index in [2.05, 4.69) is 21.2 Å². The molecule has 0 atom stereocenters. The van der Waals surface area contributed by atoms with E-state index in [0.717, 1.165) is 15.7 Å². The van der Waals surface area contributed by atoms with Gasteiger partial charge in [-0.05, 0) is 64.3 Å². The molecule has 1 heterocycles. The monoisotopic (exact) mass is 396 g/mol. The molecule has 0 radical (unpaired) electrons. The summed E-state index contributed by atoms with van der Waals surface area (Å²) in [6.07, 6.45) is 1.01. The number of rotatable bonds is 2. The van der Waals surface area contributed by atoms with Gasteiger partial charge in [0.05, 0.1) is 0 Å². The number of amides is 2. The third kappa shape index (κ3) is 5.23. The second-order valence-corrected chi connectivity index (χ2v) is 8.11. The molecule has 2 amide bonds. The van der Waals surface area contributed by atoms with E-state index in [1.165, 1.54) is 0 Å². The van der Waals surface area contributed by atoms with Gasteiger partial charge in [0.25, 0.3) is 0 Å². The highest BCUT2D eigenvalue weighted by molar-refractivity contribution is 9.10. The zero-order valence-corrected chi connectivity index (χ0v) is 16.3. The summed E-state index contributed by atoms with van der Waals surface area (Å²) in [5.41, 5.74) is 1.35. The predicted molar refractivity (Wildman–Crippen MR) is 98.0 cm³/mol. The molecule has 1 fully saturated rings. The number of carbonyl (C=O) groups is 2. The standard InChI is InChI=1S/C18H25BrN2O3/c1-12-11-14(19)5-6-15(12)20-16(22)13-7-9-21(10-8-13)17(23)24-18(2,3)4/h5-6,11,13H,7-10H2,1-4H3,(H,20,22). The lowest BCUT2D eigenvalue weighted by molar-refractivity contribution is -0.121. The van der Waals surface area contributed by atoms with Crippen LogP contribution in [0.25, 0.3) is 0 Å². The topological polar surface area (TPSA) is 58.6 Å². The Morgan fingerprint density at radius 2 is 1.88 bits per heavy atom. The average Bonchev–Trinajstić information content (AvgIpc) is 2.48. The van der Waals surface area contributed by atoms with Crippen LogP contribution in [0.3, 0.4) is 0 Å². The van der Waals surface area contributed by atoms with Crippen molar-refractivity contribution in [2.24, 2.45) is 5.92 Å². The smallest absolute Gasteiger partial charge is 0.410 e. The molecule has 1 saturated heterocycles. The number of halogens is 1. The number of carbonyl (C=O) groups excluding carboxylic acids is 2. The van der Waals surface area contributed by atoms with Crippen molar-refractivity contribution in [3.05, 3.63) is 28.2 Å². The van der Waals surface area contributed by atoms with Crippen LogP contribution in [0.15, 0.2) is 22.7 Å². The van der Waals surface area contributed by atoms with E-state index in [0.29, 0.717) is 25.9 Å². The molecule has 6 heteroatoms. The van der Waals surface area contributed by atoms with Crippen molar-refractivity contribution >= 4 is 33.6 Å². The Labute approximate surface area is 151 Å². The number of anilines is 1. The quantitative estimate of drug-likeness (QED) is 0.808. The largest absolute Gasteiger partial charge is 0.444 e. The van der Waals surface area contributed by atoms with Crippen LogP contribution in [0.1, 0.15) is 39.2 Å². The number of hydrogen-bond acceptors (Lipinski definition) is 3. The Balaban J connectivity index is 1.87. The Bertz CT molecular complexity index is 617. The van der Waals surface area contributed by atoms with E-state index in [-0.39, 0.29) is 17.9 Å². The van der Waals surface area contributed by atoms with E-state index >= 15 is 0 Å². The van der Waals surface area contributed by atoms with Gasteiger partial charge in [0.1, 0.15) is 5.60 Å². The van der Waals surface area contributed by atoms with Gasteiger partial charge >= 0.3 is 6.09 Å². The summed E-state index contributed by atoms with van der Waals surface area (Å²) < 4.78 is 6.37. The summed E-state index contributed by atoms with van der Waals surface area (Å²) in [7, 11) is 0. The van der Waals surface area contributed by atoms with E-state index in [4.69, 9.17) is 4.74 Å². The summed E-state index contributed by atoms with van der Waals surface area (Å²) in [6.45, 7) is 8.62. The molecule has 5 nitrogen and oxygen atoms in total. The number of ether oxygens (including phenoxy) is 1. The van der Waals surface area contributed by atoms with Gasteiger partial charge in [-0.1, -0.05) is 15.9 Å².